The highest BCUT2D eigenvalue weighted by atomic mass is 32.1. The number of thiazole rings is 1. The number of aromatic nitrogens is 1. The van der Waals surface area contributed by atoms with E-state index in [0.717, 1.165) is 11.1 Å². The van der Waals surface area contributed by atoms with Crippen molar-refractivity contribution in [2.75, 3.05) is 12.4 Å². The van der Waals surface area contributed by atoms with Crippen LogP contribution in [0.3, 0.4) is 0 Å². The van der Waals surface area contributed by atoms with E-state index < -0.39 is 5.91 Å². The van der Waals surface area contributed by atoms with E-state index in [1.165, 1.54) is 18.4 Å². The van der Waals surface area contributed by atoms with Crippen LogP contribution in [0.1, 0.15) is 22.9 Å². The molecule has 0 atom stereocenters. The Bertz CT molecular complexity index is 918. The number of hydrogen-bond donors (Lipinski definition) is 2. The summed E-state index contributed by atoms with van der Waals surface area (Å²) in [6.45, 7) is 0. The van der Waals surface area contributed by atoms with Gasteiger partial charge in [0, 0.05) is 5.38 Å². The number of benzene rings is 2. The first kappa shape index (κ1) is 19.2. The number of rotatable bonds is 8. The summed E-state index contributed by atoms with van der Waals surface area (Å²) >= 11 is 1.19. The standard InChI is InChI=1S/C20H18N4O3S/c1-27-24-18(16-12-28-20(22-16)21-13-25)19(26)23-17(14-8-4-2-5-9-14)15-10-6-3-7-11-15/h2-13,17H,1H3,(H,23,26)(H,21,22,25)/b24-18+. The fourth-order valence-electron chi connectivity index (χ4n) is 2.64. The van der Waals surface area contributed by atoms with Crippen LogP contribution in [0.4, 0.5) is 5.13 Å². The Labute approximate surface area is 166 Å². The molecule has 1 heterocycles. The van der Waals surface area contributed by atoms with Crippen LogP contribution in [0.15, 0.2) is 71.2 Å². The van der Waals surface area contributed by atoms with Gasteiger partial charge in [0.2, 0.25) is 6.41 Å². The minimum atomic E-state index is -0.442. The van der Waals surface area contributed by atoms with E-state index in [-0.39, 0.29) is 11.8 Å². The molecule has 0 saturated heterocycles. The first-order chi connectivity index (χ1) is 13.7. The Balaban J connectivity index is 1.91. The average Bonchev–Trinajstić information content (AvgIpc) is 3.20. The van der Waals surface area contributed by atoms with Crippen LogP contribution in [0.25, 0.3) is 0 Å². The second-order valence-electron chi connectivity index (χ2n) is 5.65. The van der Waals surface area contributed by atoms with Gasteiger partial charge in [-0.1, -0.05) is 65.8 Å². The van der Waals surface area contributed by atoms with Gasteiger partial charge in [-0.25, -0.2) is 4.98 Å². The second-order valence-corrected chi connectivity index (χ2v) is 6.51. The molecular formula is C20H18N4O3S. The first-order valence-electron chi connectivity index (χ1n) is 8.41. The minimum absolute atomic E-state index is 0.0227. The van der Waals surface area contributed by atoms with E-state index in [0.29, 0.717) is 17.2 Å². The highest BCUT2D eigenvalue weighted by Gasteiger charge is 2.23. The molecule has 0 unspecified atom stereocenters. The fraction of sp³-hybridized carbons (Fsp3) is 0.100. The summed E-state index contributed by atoms with van der Waals surface area (Å²) < 4.78 is 0. The molecule has 0 radical (unpaired) electrons. The maximum Gasteiger partial charge on any atom is 0.276 e. The largest absolute Gasteiger partial charge is 0.398 e. The Morgan fingerprint density at radius 1 is 1.11 bits per heavy atom. The molecule has 142 valence electrons. The van der Waals surface area contributed by atoms with Crippen LogP contribution in [-0.2, 0) is 14.4 Å². The zero-order chi connectivity index (χ0) is 19.8. The lowest BCUT2D eigenvalue weighted by Crippen LogP contribution is -2.35. The lowest BCUT2D eigenvalue weighted by atomic mass is 9.98. The molecule has 2 amide bonds. The van der Waals surface area contributed by atoms with Crippen molar-refractivity contribution in [3.8, 4) is 0 Å². The van der Waals surface area contributed by atoms with Gasteiger partial charge < -0.3 is 15.5 Å². The van der Waals surface area contributed by atoms with Gasteiger partial charge in [0.1, 0.15) is 12.8 Å². The quantitative estimate of drug-likeness (QED) is 0.349. The maximum atomic E-state index is 13.0. The molecule has 7 nitrogen and oxygen atoms in total. The molecule has 0 aliphatic rings. The molecule has 0 bridgehead atoms. The lowest BCUT2D eigenvalue weighted by Gasteiger charge is -2.20. The van der Waals surface area contributed by atoms with Gasteiger partial charge in [0.15, 0.2) is 10.8 Å². The monoisotopic (exact) mass is 394 g/mol. The molecule has 28 heavy (non-hydrogen) atoms. The molecule has 3 aromatic rings. The molecule has 0 aliphatic heterocycles. The molecule has 2 aromatic carbocycles. The van der Waals surface area contributed by atoms with Gasteiger partial charge in [-0.2, -0.15) is 0 Å². The third-order valence-corrected chi connectivity index (χ3v) is 4.64. The van der Waals surface area contributed by atoms with E-state index in [1.54, 1.807) is 5.38 Å². The number of hydrogen-bond acceptors (Lipinski definition) is 6. The lowest BCUT2D eigenvalue weighted by molar-refractivity contribution is -0.115. The average molecular weight is 394 g/mol. The number of carbonyl (C=O) groups is 2. The molecular weight excluding hydrogens is 376 g/mol. The van der Waals surface area contributed by atoms with E-state index in [2.05, 4.69) is 20.8 Å². The van der Waals surface area contributed by atoms with Crippen LogP contribution in [0.5, 0.6) is 0 Å². The highest BCUT2D eigenvalue weighted by molar-refractivity contribution is 7.14. The summed E-state index contributed by atoms with van der Waals surface area (Å²) in [6, 6.07) is 18.9. The van der Waals surface area contributed by atoms with Crippen molar-refractivity contribution in [1.29, 1.82) is 0 Å². The molecule has 0 aliphatic carbocycles. The van der Waals surface area contributed by atoms with E-state index in [9.17, 15) is 9.59 Å². The van der Waals surface area contributed by atoms with Crippen molar-refractivity contribution < 1.29 is 14.4 Å². The van der Waals surface area contributed by atoms with Crippen LogP contribution >= 0.6 is 11.3 Å². The van der Waals surface area contributed by atoms with Gasteiger partial charge in [-0.3, -0.25) is 9.59 Å². The van der Waals surface area contributed by atoms with Gasteiger partial charge in [-0.15, -0.1) is 11.3 Å². The van der Waals surface area contributed by atoms with Crippen molar-refractivity contribution in [3.63, 3.8) is 0 Å². The van der Waals surface area contributed by atoms with Crippen molar-refractivity contribution in [2.24, 2.45) is 5.16 Å². The second kappa shape index (κ2) is 9.43. The Hall–Kier alpha value is -3.52. The highest BCUT2D eigenvalue weighted by Crippen LogP contribution is 2.22. The Morgan fingerprint density at radius 3 is 2.25 bits per heavy atom. The maximum absolute atomic E-state index is 13.0. The molecule has 0 spiro atoms. The number of nitrogens with one attached hydrogen (secondary N) is 2. The third-order valence-electron chi connectivity index (χ3n) is 3.87. The van der Waals surface area contributed by atoms with E-state index in [4.69, 9.17) is 4.84 Å². The number of oxime groups is 1. The Kier molecular flexibility index (Phi) is 6.48. The van der Waals surface area contributed by atoms with Crippen molar-refractivity contribution in [3.05, 3.63) is 82.9 Å². The predicted molar refractivity (Wildman–Crippen MR) is 108 cm³/mol. The van der Waals surface area contributed by atoms with Crippen molar-refractivity contribution in [2.45, 2.75) is 6.04 Å². The SMILES string of the molecule is CO/N=C(/C(=O)NC(c1ccccc1)c1ccccc1)c1csc(NC=O)n1. The molecule has 8 heteroatoms. The topological polar surface area (TPSA) is 92.7 Å². The summed E-state index contributed by atoms with van der Waals surface area (Å²) in [7, 11) is 1.36. The zero-order valence-corrected chi connectivity index (χ0v) is 15.8. The predicted octanol–water partition coefficient (Wildman–Crippen LogP) is 2.97. The molecule has 1 aromatic heterocycles. The van der Waals surface area contributed by atoms with E-state index in [1.807, 2.05) is 60.7 Å². The number of carbonyl (C=O) groups excluding carboxylic acids is 2. The van der Waals surface area contributed by atoms with Gasteiger partial charge in [-0.05, 0) is 11.1 Å². The molecule has 0 fully saturated rings. The number of amides is 2. The van der Waals surface area contributed by atoms with Crippen molar-refractivity contribution in [1.82, 2.24) is 10.3 Å². The van der Waals surface area contributed by atoms with Gasteiger partial charge in [0.25, 0.3) is 5.91 Å². The minimum Gasteiger partial charge on any atom is -0.398 e. The van der Waals surface area contributed by atoms with Crippen molar-refractivity contribution >= 4 is 34.5 Å². The van der Waals surface area contributed by atoms with Gasteiger partial charge >= 0.3 is 0 Å². The molecule has 3 rings (SSSR count). The van der Waals surface area contributed by atoms with E-state index >= 15 is 0 Å². The first-order valence-corrected chi connectivity index (χ1v) is 9.29. The normalized spacial score (nSPS) is 11.1. The Morgan fingerprint density at radius 2 is 1.71 bits per heavy atom. The molecule has 2 N–H and O–H groups in total. The zero-order valence-electron chi connectivity index (χ0n) is 15.0. The van der Waals surface area contributed by atoms with Crippen LogP contribution < -0.4 is 10.6 Å². The van der Waals surface area contributed by atoms with Crippen LogP contribution in [-0.4, -0.2) is 30.1 Å². The summed E-state index contributed by atoms with van der Waals surface area (Å²) in [5.41, 5.74) is 2.20. The number of nitrogens with zero attached hydrogens (tertiary/aromatic N) is 2. The third kappa shape index (κ3) is 4.60. The summed E-state index contributed by atoms with van der Waals surface area (Å²) in [4.78, 5) is 32.6. The number of anilines is 1. The van der Waals surface area contributed by atoms with Gasteiger partial charge in [0.05, 0.1) is 6.04 Å². The fourth-order valence-corrected chi connectivity index (χ4v) is 3.30. The summed E-state index contributed by atoms with van der Waals surface area (Å²) in [5.74, 6) is -0.442. The molecule has 0 saturated carbocycles. The smallest absolute Gasteiger partial charge is 0.276 e. The summed E-state index contributed by atoms with van der Waals surface area (Å²) in [5, 5.41) is 11.3. The van der Waals surface area contributed by atoms with Crippen LogP contribution in [0, 0.1) is 0 Å². The van der Waals surface area contributed by atoms with Crippen LogP contribution in [0.2, 0.25) is 0 Å². The summed E-state index contributed by atoms with van der Waals surface area (Å²) in [6.07, 6.45) is 0.524.